The Balaban J connectivity index is 0.000000994. The fourth-order valence-electron chi connectivity index (χ4n) is 9.48. The molecule has 2 saturated heterocycles. The van der Waals surface area contributed by atoms with Gasteiger partial charge in [-0.05, 0) is 113 Å². The van der Waals surface area contributed by atoms with Crippen LogP contribution in [0.4, 0.5) is 0 Å². The molecule has 2 heterocycles. The standard InChI is InChI=1S/C27H43NO.C2H6/c1-17-12-25-24(28-16-17)15-27(29-25)11-9-20-21-8-7-19-6-4-5-10-26(19,3)23(21)13-22(20)18(2)14-27;1-2/h17,19-21,23-25,28H,4-16H2,1-3H3;1-2H3. The molecule has 1 N–H and O–H groups in total. The fraction of sp³-hybridized carbons (Fsp3) is 0.931. The molecule has 0 aromatic heterocycles. The van der Waals surface area contributed by atoms with Crippen LogP contribution in [-0.4, -0.2) is 24.3 Å². The fourth-order valence-corrected chi connectivity index (χ4v) is 9.48. The van der Waals surface area contributed by atoms with Crippen molar-refractivity contribution in [2.75, 3.05) is 6.54 Å². The first kappa shape index (κ1) is 22.5. The Bertz CT molecular complexity index is 699. The second-order valence-electron chi connectivity index (χ2n) is 12.5. The molecule has 0 bridgehead atoms. The van der Waals surface area contributed by atoms with Gasteiger partial charge in [-0.2, -0.15) is 0 Å². The number of hydrogen-bond acceptors (Lipinski definition) is 2. The first-order chi connectivity index (χ1) is 15.0. The van der Waals surface area contributed by atoms with Gasteiger partial charge < -0.3 is 10.1 Å². The van der Waals surface area contributed by atoms with Gasteiger partial charge in [0.15, 0.2) is 0 Å². The van der Waals surface area contributed by atoms with Crippen molar-refractivity contribution < 1.29 is 4.74 Å². The lowest BCUT2D eigenvalue weighted by Gasteiger charge is -2.52. The van der Waals surface area contributed by atoms with Gasteiger partial charge >= 0.3 is 0 Å². The predicted octanol–water partition coefficient (Wildman–Crippen LogP) is 7.28. The number of nitrogens with one attached hydrogen (secondary N) is 1. The van der Waals surface area contributed by atoms with Crippen molar-refractivity contribution in [3.63, 3.8) is 0 Å². The predicted molar refractivity (Wildman–Crippen MR) is 130 cm³/mol. The molecule has 1 spiro atoms. The van der Waals surface area contributed by atoms with E-state index in [9.17, 15) is 0 Å². The van der Waals surface area contributed by atoms with Crippen molar-refractivity contribution in [3.05, 3.63) is 11.1 Å². The molecule has 5 fully saturated rings. The van der Waals surface area contributed by atoms with Gasteiger partial charge in [0, 0.05) is 6.04 Å². The lowest BCUT2D eigenvalue weighted by molar-refractivity contribution is -0.0641. The number of fused-ring (bicyclic) bond motifs is 6. The molecule has 0 aromatic carbocycles. The van der Waals surface area contributed by atoms with E-state index in [2.05, 4.69) is 26.1 Å². The summed E-state index contributed by atoms with van der Waals surface area (Å²) in [7, 11) is 0. The van der Waals surface area contributed by atoms with Crippen molar-refractivity contribution in [2.45, 2.75) is 129 Å². The number of hydrogen-bond donors (Lipinski definition) is 1. The lowest BCUT2D eigenvalue weighted by Crippen LogP contribution is -2.45. The van der Waals surface area contributed by atoms with E-state index in [0.29, 0.717) is 17.6 Å². The van der Waals surface area contributed by atoms with E-state index in [1.54, 1.807) is 5.57 Å². The van der Waals surface area contributed by atoms with E-state index in [0.717, 1.165) is 29.6 Å². The summed E-state index contributed by atoms with van der Waals surface area (Å²) >= 11 is 0. The summed E-state index contributed by atoms with van der Waals surface area (Å²) < 4.78 is 6.92. The van der Waals surface area contributed by atoms with Crippen LogP contribution in [0.1, 0.15) is 112 Å². The summed E-state index contributed by atoms with van der Waals surface area (Å²) in [6.45, 7) is 12.8. The van der Waals surface area contributed by atoms with Crippen molar-refractivity contribution >= 4 is 0 Å². The molecule has 9 atom stereocenters. The second kappa shape index (κ2) is 8.46. The smallest absolute Gasteiger partial charge is 0.0740 e. The zero-order valence-electron chi connectivity index (χ0n) is 21.1. The first-order valence-electron chi connectivity index (χ1n) is 14.1. The molecular weight excluding hydrogens is 378 g/mol. The minimum absolute atomic E-state index is 0.148. The summed E-state index contributed by atoms with van der Waals surface area (Å²) in [5, 5.41) is 3.83. The average molecular weight is 428 g/mol. The minimum atomic E-state index is 0.148. The Morgan fingerprint density at radius 1 is 1.03 bits per heavy atom. The maximum Gasteiger partial charge on any atom is 0.0740 e. The van der Waals surface area contributed by atoms with Crippen LogP contribution in [0.2, 0.25) is 0 Å². The number of rotatable bonds is 0. The van der Waals surface area contributed by atoms with Crippen LogP contribution >= 0.6 is 0 Å². The average Bonchev–Trinajstić information content (AvgIpc) is 3.28. The van der Waals surface area contributed by atoms with Gasteiger partial charge in [-0.25, -0.2) is 0 Å². The van der Waals surface area contributed by atoms with E-state index < -0.39 is 0 Å². The van der Waals surface area contributed by atoms with Crippen molar-refractivity contribution in [1.82, 2.24) is 5.32 Å². The highest BCUT2D eigenvalue weighted by atomic mass is 16.5. The van der Waals surface area contributed by atoms with Gasteiger partial charge in [-0.15, -0.1) is 0 Å². The van der Waals surface area contributed by atoms with Crippen LogP contribution in [0.15, 0.2) is 11.1 Å². The molecule has 9 unspecified atom stereocenters. The largest absolute Gasteiger partial charge is 0.370 e. The van der Waals surface area contributed by atoms with Gasteiger partial charge in [0.2, 0.25) is 0 Å². The normalized spacial score (nSPS) is 51.2. The zero-order valence-corrected chi connectivity index (χ0v) is 21.1. The van der Waals surface area contributed by atoms with Crippen LogP contribution in [0.3, 0.4) is 0 Å². The van der Waals surface area contributed by atoms with Crippen molar-refractivity contribution in [1.29, 1.82) is 0 Å². The van der Waals surface area contributed by atoms with Crippen LogP contribution in [0, 0.1) is 35.0 Å². The molecule has 4 aliphatic carbocycles. The van der Waals surface area contributed by atoms with Gasteiger partial charge in [-0.1, -0.05) is 51.7 Å². The van der Waals surface area contributed by atoms with Crippen LogP contribution in [0.25, 0.3) is 0 Å². The first-order valence-corrected chi connectivity index (χ1v) is 14.1. The number of allylic oxidation sites excluding steroid dienone is 1. The Labute approximate surface area is 192 Å². The second-order valence-corrected chi connectivity index (χ2v) is 12.5. The molecule has 0 radical (unpaired) electrons. The van der Waals surface area contributed by atoms with Gasteiger partial charge in [0.05, 0.1) is 11.7 Å². The van der Waals surface area contributed by atoms with E-state index in [1.807, 2.05) is 19.4 Å². The van der Waals surface area contributed by atoms with Gasteiger partial charge in [-0.3, -0.25) is 0 Å². The Morgan fingerprint density at radius 3 is 2.71 bits per heavy atom. The number of ether oxygens (including phenoxy) is 1. The third-order valence-electron chi connectivity index (χ3n) is 10.9. The summed E-state index contributed by atoms with van der Waals surface area (Å²) in [6, 6.07) is 0.617. The highest BCUT2D eigenvalue weighted by Crippen LogP contribution is 2.64. The van der Waals surface area contributed by atoms with E-state index >= 15 is 0 Å². The summed E-state index contributed by atoms with van der Waals surface area (Å²) in [5.74, 6) is 4.65. The Hall–Kier alpha value is -0.340. The SMILES string of the molecule is CC.CC1=C2CC3C(CCC4CCCCC43C)C2CCC2(C1)CC1NCC(C)CC1O2. The summed E-state index contributed by atoms with van der Waals surface area (Å²) in [4.78, 5) is 0. The van der Waals surface area contributed by atoms with Crippen LogP contribution in [0.5, 0.6) is 0 Å². The molecule has 2 heteroatoms. The topological polar surface area (TPSA) is 21.3 Å². The third kappa shape index (κ3) is 3.67. The monoisotopic (exact) mass is 427 g/mol. The highest BCUT2D eigenvalue weighted by molar-refractivity contribution is 5.28. The Morgan fingerprint density at radius 2 is 1.87 bits per heavy atom. The molecule has 31 heavy (non-hydrogen) atoms. The molecule has 2 nitrogen and oxygen atoms in total. The molecule has 0 aromatic rings. The van der Waals surface area contributed by atoms with Gasteiger partial charge in [0.1, 0.15) is 0 Å². The van der Waals surface area contributed by atoms with Crippen LogP contribution < -0.4 is 5.32 Å². The van der Waals surface area contributed by atoms with E-state index in [-0.39, 0.29) is 5.60 Å². The van der Waals surface area contributed by atoms with Gasteiger partial charge in [0.25, 0.3) is 0 Å². The molecule has 2 aliphatic heterocycles. The Kier molecular flexibility index (Phi) is 6.13. The quantitative estimate of drug-likeness (QED) is 0.410. The molecule has 6 aliphatic rings. The third-order valence-corrected chi connectivity index (χ3v) is 10.9. The molecule has 3 saturated carbocycles. The zero-order chi connectivity index (χ0) is 21.8. The summed E-state index contributed by atoms with van der Waals surface area (Å²) in [6.07, 6.45) is 17.4. The molecule has 176 valence electrons. The molecular formula is C29H49NO. The molecule has 0 amide bonds. The van der Waals surface area contributed by atoms with Crippen LogP contribution in [-0.2, 0) is 4.74 Å². The van der Waals surface area contributed by atoms with Crippen molar-refractivity contribution in [2.24, 2.45) is 35.0 Å². The van der Waals surface area contributed by atoms with E-state index in [4.69, 9.17) is 4.74 Å². The van der Waals surface area contributed by atoms with E-state index in [1.165, 1.54) is 83.6 Å². The minimum Gasteiger partial charge on any atom is -0.370 e. The number of piperidine rings is 1. The lowest BCUT2D eigenvalue weighted by atomic mass is 9.52. The maximum absolute atomic E-state index is 6.92. The molecule has 6 rings (SSSR count). The maximum atomic E-state index is 6.92. The summed E-state index contributed by atoms with van der Waals surface area (Å²) in [5.41, 5.74) is 4.44. The van der Waals surface area contributed by atoms with Crippen molar-refractivity contribution in [3.8, 4) is 0 Å². The highest BCUT2D eigenvalue weighted by Gasteiger charge is 2.57.